The van der Waals surface area contributed by atoms with E-state index < -0.39 is 0 Å². The molecule has 0 amide bonds. The third-order valence-corrected chi connectivity index (χ3v) is 8.52. The lowest BCUT2D eigenvalue weighted by atomic mass is 9.81. The number of rotatable bonds is 4. The number of furan rings is 1. The summed E-state index contributed by atoms with van der Waals surface area (Å²) in [5.74, 6) is 0.627. The lowest BCUT2D eigenvalue weighted by Gasteiger charge is -2.28. The average Bonchev–Trinajstić information content (AvgIpc) is 3.37. The van der Waals surface area contributed by atoms with Crippen molar-refractivity contribution >= 4 is 28.7 Å². The molecule has 0 spiro atoms. The summed E-state index contributed by atoms with van der Waals surface area (Å²) in [6.07, 6.45) is 13.3. The second-order valence-electron chi connectivity index (χ2n) is 11.0. The predicted octanol–water partition coefficient (Wildman–Crippen LogP) is 9.86. The van der Waals surface area contributed by atoms with Gasteiger partial charge < -0.3 is 0 Å². The van der Waals surface area contributed by atoms with E-state index in [2.05, 4.69) is 117 Å². The second kappa shape index (κ2) is 9.78. The molecular weight excluding hydrogens is 474 g/mol. The molecule has 0 saturated heterocycles. The standard InChI is InChI=1S/C37H33NO/c1-25-22-31(28-16-10-5-11-17-28)36-32-23-29(26-12-6-3-7-13-26)18-19-34(32)39-37(36)35(25)33-24-30(20-21-38(33)2)27-14-8-4-9-15-27/h3,5-7,10-13,16-24,27H,2,4,8-9,14-15H2,1H3. The lowest BCUT2D eigenvalue weighted by Crippen LogP contribution is -2.19. The second-order valence-corrected chi connectivity index (χ2v) is 11.0. The van der Waals surface area contributed by atoms with Crippen molar-refractivity contribution in [1.82, 2.24) is 0 Å². The SMILES string of the molecule is C=[N+]1C=CC(C2CCCCC2)=C[C-]1c1c(C)cc(-c2ccccc2)c2c1[o+][c-]1ccc(-c3ccccc3)cc21. The van der Waals surface area contributed by atoms with E-state index >= 15 is 0 Å². The van der Waals surface area contributed by atoms with Gasteiger partial charge in [0, 0.05) is 5.39 Å². The summed E-state index contributed by atoms with van der Waals surface area (Å²) in [6, 6.07) is 31.3. The summed E-state index contributed by atoms with van der Waals surface area (Å²) in [4.78, 5) is 0. The van der Waals surface area contributed by atoms with E-state index in [1.54, 1.807) is 0 Å². The van der Waals surface area contributed by atoms with Crippen molar-refractivity contribution in [3.05, 3.63) is 126 Å². The highest BCUT2D eigenvalue weighted by Gasteiger charge is 2.30. The van der Waals surface area contributed by atoms with E-state index in [9.17, 15) is 0 Å². The maximum Gasteiger partial charge on any atom is 0.278 e. The number of hydrogen-bond acceptors (Lipinski definition) is 0. The first-order chi connectivity index (χ1) is 19.2. The molecule has 0 radical (unpaired) electrons. The Hall–Kier alpha value is -4.30. The molecule has 192 valence electrons. The Labute approximate surface area is 230 Å². The van der Waals surface area contributed by atoms with Gasteiger partial charge in [-0.1, -0.05) is 129 Å². The van der Waals surface area contributed by atoms with E-state index in [1.165, 1.54) is 65.5 Å². The van der Waals surface area contributed by atoms with Gasteiger partial charge in [-0.3, -0.25) is 8.99 Å². The van der Waals surface area contributed by atoms with Gasteiger partial charge in [0.2, 0.25) is 0 Å². The average molecular weight is 508 g/mol. The maximum atomic E-state index is 6.77. The normalized spacial score (nSPS) is 16.3. The summed E-state index contributed by atoms with van der Waals surface area (Å²) in [5.41, 5.74) is 10.4. The molecule has 2 nitrogen and oxygen atoms in total. The van der Waals surface area contributed by atoms with Crippen LogP contribution < -0.4 is 0 Å². The van der Waals surface area contributed by atoms with Gasteiger partial charge in [-0.05, 0) is 40.1 Å². The van der Waals surface area contributed by atoms with Gasteiger partial charge in [-0.25, -0.2) is 0 Å². The fourth-order valence-electron chi connectivity index (χ4n) is 6.51. The molecule has 1 saturated carbocycles. The third kappa shape index (κ3) is 4.21. The molecule has 0 N–H and O–H groups in total. The minimum Gasteiger partial charge on any atom is -0.286 e. The molecule has 1 aliphatic carbocycles. The minimum atomic E-state index is 0.627. The zero-order valence-electron chi connectivity index (χ0n) is 22.5. The Bertz CT molecular complexity index is 1750. The van der Waals surface area contributed by atoms with Crippen LogP contribution >= 0.6 is 0 Å². The highest BCUT2D eigenvalue weighted by atomic mass is 16.3. The summed E-state index contributed by atoms with van der Waals surface area (Å²) in [6.45, 7) is 6.60. The van der Waals surface area contributed by atoms with Gasteiger partial charge in [-0.2, -0.15) is 0 Å². The Kier molecular flexibility index (Phi) is 5.97. The molecule has 1 fully saturated rings. The summed E-state index contributed by atoms with van der Waals surface area (Å²) < 4.78 is 8.78. The number of nitrogens with zero attached hydrogens (tertiary/aromatic N) is 1. The third-order valence-electron chi connectivity index (χ3n) is 8.52. The molecule has 4 aromatic carbocycles. The summed E-state index contributed by atoms with van der Waals surface area (Å²) in [7, 11) is 0. The lowest BCUT2D eigenvalue weighted by molar-refractivity contribution is -0.418. The van der Waals surface area contributed by atoms with Crippen LogP contribution in [0.3, 0.4) is 0 Å². The minimum absolute atomic E-state index is 0.627. The van der Waals surface area contributed by atoms with Crippen molar-refractivity contribution in [2.24, 2.45) is 5.92 Å². The first kappa shape index (κ1) is 23.8. The number of fused-ring (bicyclic) bond motifs is 3. The van der Waals surface area contributed by atoms with E-state index in [4.69, 9.17) is 4.42 Å². The Balaban J connectivity index is 1.48. The van der Waals surface area contributed by atoms with Crippen molar-refractivity contribution < 1.29 is 8.99 Å². The van der Waals surface area contributed by atoms with E-state index in [1.807, 2.05) is 4.58 Å². The molecule has 1 aromatic heterocycles. The first-order valence-electron chi connectivity index (χ1n) is 14.1. The number of benzene rings is 4. The zero-order valence-corrected chi connectivity index (χ0v) is 22.5. The molecule has 39 heavy (non-hydrogen) atoms. The Morgan fingerprint density at radius 2 is 1.56 bits per heavy atom. The van der Waals surface area contributed by atoms with Gasteiger partial charge in [-0.15, -0.1) is 12.1 Å². The van der Waals surface area contributed by atoms with Crippen molar-refractivity contribution in [1.29, 1.82) is 0 Å². The van der Waals surface area contributed by atoms with Crippen molar-refractivity contribution in [2.75, 3.05) is 0 Å². The molecule has 0 unspecified atom stereocenters. The Morgan fingerprint density at radius 3 is 2.31 bits per heavy atom. The number of aryl methyl sites for hydroxylation is 1. The maximum absolute atomic E-state index is 6.77. The van der Waals surface area contributed by atoms with Crippen LogP contribution in [0, 0.1) is 18.9 Å². The summed E-state index contributed by atoms with van der Waals surface area (Å²) in [5, 5.41) is 2.31. The summed E-state index contributed by atoms with van der Waals surface area (Å²) >= 11 is 0. The van der Waals surface area contributed by atoms with Crippen LogP contribution in [0.1, 0.15) is 43.2 Å². The van der Waals surface area contributed by atoms with Gasteiger partial charge >= 0.3 is 0 Å². The molecule has 2 heterocycles. The van der Waals surface area contributed by atoms with Crippen LogP contribution in [0.5, 0.6) is 0 Å². The molecule has 5 aromatic rings. The van der Waals surface area contributed by atoms with Crippen molar-refractivity contribution in [3.8, 4) is 22.3 Å². The van der Waals surface area contributed by atoms with E-state index in [-0.39, 0.29) is 0 Å². The largest absolute Gasteiger partial charge is 0.286 e. The topological polar surface area (TPSA) is 14.3 Å². The monoisotopic (exact) mass is 507 g/mol. The molecule has 1 aliphatic heterocycles. The molecule has 0 atom stereocenters. The molecule has 7 rings (SSSR count). The van der Waals surface area contributed by atoms with E-state index in [0.29, 0.717) is 5.92 Å². The quantitative estimate of drug-likeness (QED) is 0.134. The molecule has 2 heteroatoms. The Morgan fingerprint density at radius 1 is 0.846 bits per heavy atom. The molecule has 0 bridgehead atoms. The van der Waals surface area contributed by atoms with Crippen molar-refractivity contribution in [3.63, 3.8) is 0 Å². The first-order valence-corrected chi connectivity index (χ1v) is 14.1. The van der Waals surface area contributed by atoms with Crippen LogP contribution in [0.15, 0.2) is 113 Å². The van der Waals surface area contributed by atoms with Crippen LogP contribution in [-0.4, -0.2) is 11.3 Å². The van der Waals surface area contributed by atoms with Crippen LogP contribution in [0.2, 0.25) is 0 Å². The number of allylic oxidation sites excluding steroid dienone is 2. The fourth-order valence-corrected chi connectivity index (χ4v) is 6.51. The van der Waals surface area contributed by atoms with Gasteiger partial charge in [0.1, 0.15) is 6.20 Å². The smallest absolute Gasteiger partial charge is 0.278 e. The highest BCUT2D eigenvalue weighted by molar-refractivity contribution is 6.15. The van der Waals surface area contributed by atoms with Crippen LogP contribution in [-0.2, 0) is 0 Å². The van der Waals surface area contributed by atoms with Crippen LogP contribution in [0.25, 0.3) is 44.2 Å². The van der Waals surface area contributed by atoms with Crippen molar-refractivity contribution in [2.45, 2.75) is 39.0 Å². The molecule has 2 aliphatic rings. The predicted molar refractivity (Wildman–Crippen MR) is 163 cm³/mol. The van der Waals surface area contributed by atoms with Gasteiger partial charge in [0.05, 0.1) is 12.3 Å². The zero-order chi connectivity index (χ0) is 26.3. The number of hydrogen-bond donors (Lipinski definition) is 0. The van der Waals surface area contributed by atoms with Crippen LogP contribution in [0.4, 0.5) is 0 Å². The highest BCUT2D eigenvalue weighted by Crippen LogP contribution is 2.44. The molecular formula is C37H33NO. The van der Waals surface area contributed by atoms with E-state index in [0.717, 1.165) is 33.5 Å². The fraction of sp³-hybridized carbons (Fsp3) is 0.189. The van der Waals surface area contributed by atoms with Gasteiger partial charge in [0.25, 0.3) is 11.2 Å². The van der Waals surface area contributed by atoms with Gasteiger partial charge in [0.15, 0.2) is 6.04 Å².